The van der Waals surface area contributed by atoms with Gasteiger partial charge < -0.3 is 4.90 Å². The molecule has 1 saturated heterocycles. The highest BCUT2D eigenvalue weighted by Crippen LogP contribution is 2.19. The summed E-state index contributed by atoms with van der Waals surface area (Å²) in [5.41, 5.74) is 0.369. The van der Waals surface area contributed by atoms with Gasteiger partial charge in [-0.2, -0.15) is 9.57 Å². The van der Waals surface area contributed by atoms with Crippen LogP contribution in [0, 0.1) is 23.0 Å². The number of benzene rings is 2. The molecule has 1 heterocycles. The molecule has 1 amide bonds. The van der Waals surface area contributed by atoms with E-state index in [-0.39, 0.29) is 36.6 Å². The summed E-state index contributed by atoms with van der Waals surface area (Å²) in [4.78, 5) is 13.9. The van der Waals surface area contributed by atoms with Gasteiger partial charge in [0.15, 0.2) is 11.6 Å². The normalized spacial score (nSPS) is 15.4. The maximum atomic E-state index is 13.3. The zero-order valence-corrected chi connectivity index (χ0v) is 14.9. The minimum Gasteiger partial charge on any atom is -0.336 e. The van der Waals surface area contributed by atoms with Gasteiger partial charge in [-0.05, 0) is 42.5 Å². The van der Waals surface area contributed by atoms with Crippen molar-refractivity contribution < 1.29 is 22.0 Å². The van der Waals surface area contributed by atoms with Crippen LogP contribution in [0.5, 0.6) is 0 Å². The standard InChI is InChI=1S/C18H15F2N3O3S/c19-16-6-3-14(11-17(16)20)18(24)22-7-9-23(10-8-22)27(25,26)15-4-1-13(12-21)2-5-15/h1-6,11H,7-10H2. The number of nitrogens with zero attached hydrogens (tertiary/aromatic N) is 3. The molecule has 0 spiro atoms. The van der Waals surface area contributed by atoms with E-state index in [1.54, 1.807) is 0 Å². The zero-order chi connectivity index (χ0) is 19.6. The fourth-order valence-electron chi connectivity index (χ4n) is 2.79. The Morgan fingerprint density at radius 3 is 2.15 bits per heavy atom. The topological polar surface area (TPSA) is 81.5 Å². The van der Waals surface area contributed by atoms with Crippen LogP contribution in [0.15, 0.2) is 47.4 Å². The molecule has 0 bridgehead atoms. The molecular weight excluding hydrogens is 376 g/mol. The molecule has 1 fully saturated rings. The Bertz CT molecular complexity index is 1010. The molecule has 6 nitrogen and oxygen atoms in total. The molecule has 1 aliphatic heterocycles. The number of piperazine rings is 1. The summed E-state index contributed by atoms with van der Waals surface area (Å²) in [5, 5.41) is 8.80. The molecule has 9 heteroatoms. The monoisotopic (exact) mass is 391 g/mol. The number of amides is 1. The van der Waals surface area contributed by atoms with Gasteiger partial charge in [-0.3, -0.25) is 4.79 Å². The summed E-state index contributed by atoms with van der Waals surface area (Å²) < 4.78 is 52.9. The largest absolute Gasteiger partial charge is 0.336 e. The van der Waals surface area contributed by atoms with Gasteiger partial charge >= 0.3 is 0 Å². The van der Waals surface area contributed by atoms with Crippen LogP contribution >= 0.6 is 0 Å². The number of rotatable bonds is 3. The average molecular weight is 391 g/mol. The summed E-state index contributed by atoms with van der Waals surface area (Å²) >= 11 is 0. The van der Waals surface area contributed by atoms with E-state index in [1.807, 2.05) is 6.07 Å². The lowest BCUT2D eigenvalue weighted by Gasteiger charge is -2.34. The van der Waals surface area contributed by atoms with Crippen molar-refractivity contribution >= 4 is 15.9 Å². The lowest BCUT2D eigenvalue weighted by Crippen LogP contribution is -2.50. The summed E-state index contributed by atoms with van der Waals surface area (Å²) in [5.74, 6) is -2.63. The van der Waals surface area contributed by atoms with Gasteiger partial charge in [0.1, 0.15) is 0 Å². The molecule has 27 heavy (non-hydrogen) atoms. The van der Waals surface area contributed by atoms with Crippen molar-refractivity contribution in [3.8, 4) is 6.07 Å². The van der Waals surface area contributed by atoms with E-state index in [1.165, 1.54) is 39.5 Å². The van der Waals surface area contributed by atoms with E-state index < -0.39 is 27.6 Å². The van der Waals surface area contributed by atoms with Crippen molar-refractivity contribution in [1.29, 1.82) is 5.26 Å². The van der Waals surface area contributed by atoms with Crippen LogP contribution < -0.4 is 0 Å². The fourth-order valence-corrected chi connectivity index (χ4v) is 4.22. The number of hydrogen-bond acceptors (Lipinski definition) is 4. The van der Waals surface area contributed by atoms with E-state index in [2.05, 4.69) is 0 Å². The smallest absolute Gasteiger partial charge is 0.254 e. The van der Waals surface area contributed by atoms with Crippen LogP contribution in [0.3, 0.4) is 0 Å². The minimum absolute atomic E-state index is 0.0114. The first-order chi connectivity index (χ1) is 12.8. The lowest BCUT2D eigenvalue weighted by molar-refractivity contribution is 0.0697. The van der Waals surface area contributed by atoms with Crippen molar-refractivity contribution in [3.63, 3.8) is 0 Å². The van der Waals surface area contributed by atoms with Crippen LogP contribution in [0.4, 0.5) is 8.78 Å². The lowest BCUT2D eigenvalue weighted by atomic mass is 10.1. The third-order valence-electron chi connectivity index (χ3n) is 4.31. The Morgan fingerprint density at radius 1 is 0.963 bits per heavy atom. The molecule has 140 valence electrons. The van der Waals surface area contributed by atoms with Gasteiger partial charge in [0.25, 0.3) is 5.91 Å². The molecule has 0 N–H and O–H groups in total. The Labute approximate surface area is 155 Å². The van der Waals surface area contributed by atoms with Crippen molar-refractivity contribution in [2.24, 2.45) is 0 Å². The zero-order valence-electron chi connectivity index (χ0n) is 14.1. The van der Waals surface area contributed by atoms with Crippen LogP contribution in [-0.4, -0.2) is 49.7 Å². The minimum atomic E-state index is -3.74. The number of carbonyl (C=O) groups excluding carboxylic acids is 1. The van der Waals surface area contributed by atoms with Crippen molar-refractivity contribution in [1.82, 2.24) is 9.21 Å². The second-order valence-corrected chi connectivity index (χ2v) is 7.90. The first kappa shape index (κ1) is 18.9. The van der Waals surface area contributed by atoms with Crippen molar-refractivity contribution in [3.05, 3.63) is 65.2 Å². The van der Waals surface area contributed by atoms with Crippen LogP contribution in [0.1, 0.15) is 15.9 Å². The predicted octanol–water partition coefficient (Wildman–Crippen LogP) is 1.98. The molecule has 0 atom stereocenters. The van der Waals surface area contributed by atoms with Crippen LogP contribution in [0.25, 0.3) is 0 Å². The van der Waals surface area contributed by atoms with E-state index in [0.717, 1.165) is 12.1 Å². The fraction of sp³-hybridized carbons (Fsp3) is 0.222. The van der Waals surface area contributed by atoms with Gasteiger partial charge in [0, 0.05) is 31.7 Å². The van der Waals surface area contributed by atoms with E-state index in [0.29, 0.717) is 5.56 Å². The highest BCUT2D eigenvalue weighted by molar-refractivity contribution is 7.89. The van der Waals surface area contributed by atoms with E-state index >= 15 is 0 Å². The number of nitriles is 1. The Kier molecular flexibility index (Phi) is 5.21. The molecule has 0 radical (unpaired) electrons. The molecule has 2 aromatic carbocycles. The molecule has 3 rings (SSSR count). The summed E-state index contributed by atoms with van der Waals surface area (Å²) in [7, 11) is -3.74. The third kappa shape index (κ3) is 3.82. The first-order valence-corrected chi connectivity index (χ1v) is 9.51. The Hall–Kier alpha value is -2.83. The van der Waals surface area contributed by atoms with Crippen LogP contribution in [-0.2, 0) is 10.0 Å². The molecule has 2 aromatic rings. The molecule has 1 aliphatic rings. The Morgan fingerprint density at radius 2 is 1.59 bits per heavy atom. The average Bonchev–Trinajstić information content (AvgIpc) is 2.69. The number of sulfonamides is 1. The molecule has 0 aromatic heterocycles. The maximum absolute atomic E-state index is 13.3. The van der Waals surface area contributed by atoms with E-state index in [9.17, 15) is 22.0 Å². The summed E-state index contributed by atoms with van der Waals surface area (Å²) in [6.45, 7) is 0.427. The summed E-state index contributed by atoms with van der Waals surface area (Å²) in [6.07, 6.45) is 0. The third-order valence-corrected chi connectivity index (χ3v) is 6.23. The number of halogens is 2. The van der Waals surface area contributed by atoms with Gasteiger partial charge in [-0.1, -0.05) is 0 Å². The van der Waals surface area contributed by atoms with E-state index in [4.69, 9.17) is 5.26 Å². The van der Waals surface area contributed by atoms with Gasteiger partial charge in [0.05, 0.1) is 16.5 Å². The maximum Gasteiger partial charge on any atom is 0.254 e. The van der Waals surface area contributed by atoms with Gasteiger partial charge in [-0.25, -0.2) is 17.2 Å². The highest BCUT2D eigenvalue weighted by Gasteiger charge is 2.30. The van der Waals surface area contributed by atoms with Gasteiger partial charge in [-0.15, -0.1) is 0 Å². The second-order valence-electron chi connectivity index (χ2n) is 5.96. The first-order valence-electron chi connectivity index (χ1n) is 8.07. The van der Waals surface area contributed by atoms with Crippen molar-refractivity contribution in [2.75, 3.05) is 26.2 Å². The highest BCUT2D eigenvalue weighted by atomic mass is 32.2. The van der Waals surface area contributed by atoms with Crippen LogP contribution in [0.2, 0.25) is 0 Å². The molecule has 0 aliphatic carbocycles. The summed E-state index contributed by atoms with van der Waals surface area (Å²) in [6, 6.07) is 10.4. The number of hydrogen-bond donors (Lipinski definition) is 0. The predicted molar refractivity (Wildman–Crippen MR) is 92.2 cm³/mol. The quantitative estimate of drug-likeness (QED) is 0.801. The molecule has 0 unspecified atom stereocenters. The van der Waals surface area contributed by atoms with Gasteiger partial charge in [0.2, 0.25) is 10.0 Å². The Balaban J connectivity index is 1.69. The molecular formula is C18H15F2N3O3S. The van der Waals surface area contributed by atoms with Crippen molar-refractivity contribution in [2.45, 2.75) is 4.90 Å². The number of carbonyl (C=O) groups is 1. The second kappa shape index (κ2) is 7.42. The SMILES string of the molecule is N#Cc1ccc(S(=O)(=O)N2CCN(C(=O)c3ccc(F)c(F)c3)CC2)cc1. The molecule has 0 saturated carbocycles.